The zero-order valence-corrected chi connectivity index (χ0v) is 16.9. The second kappa shape index (κ2) is 9.10. The smallest absolute Gasteiger partial charge is 0.276 e. The van der Waals surface area contributed by atoms with Crippen LogP contribution in [0.2, 0.25) is 0 Å². The summed E-state index contributed by atoms with van der Waals surface area (Å²) in [6, 6.07) is 19.1. The van der Waals surface area contributed by atoms with Crippen molar-refractivity contribution in [2.24, 2.45) is 0 Å². The lowest BCUT2D eigenvalue weighted by atomic mass is 10.1. The van der Waals surface area contributed by atoms with Gasteiger partial charge in [-0.15, -0.1) is 0 Å². The van der Waals surface area contributed by atoms with E-state index < -0.39 is 5.91 Å². The fourth-order valence-electron chi connectivity index (χ4n) is 3.34. The molecule has 150 valence electrons. The third-order valence-corrected chi connectivity index (χ3v) is 4.78. The largest absolute Gasteiger partial charge is 0.483 e. The highest BCUT2D eigenvalue weighted by Crippen LogP contribution is 2.29. The molecular formula is C23H25N3O3. The van der Waals surface area contributed by atoms with E-state index in [1.165, 1.54) is 0 Å². The molecule has 2 amide bonds. The van der Waals surface area contributed by atoms with Crippen molar-refractivity contribution in [2.75, 3.05) is 6.61 Å². The first-order valence-electron chi connectivity index (χ1n) is 9.54. The second-order valence-electron chi connectivity index (χ2n) is 6.68. The quantitative estimate of drug-likeness (QED) is 0.630. The van der Waals surface area contributed by atoms with Crippen molar-refractivity contribution in [1.29, 1.82) is 0 Å². The van der Waals surface area contributed by atoms with Gasteiger partial charge in [-0.05, 0) is 38.5 Å². The number of benzene rings is 2. The fourth-order valence-corrected chi connectivity index (χ4v) is 3.34. The SMILES string of the molecule is CCn1c(C)cc(C(=O)NNC(=O)COc2ccccc2-c2ccccc2)c1C. The number of carbonyl (C=O) groups excluding carboxylic acids is 2. The topological polar surface area (TPSA) is 72.4 Å². The Kier molecular flexibility index (Phi) is 6.34. The van der Waals surface area contributed by atoms with Gasteiger partial charge in [-0.3, -0.25) is 20.4 Å². The fraction of sp³-hybridized carbons (Fsp3) is 0.217. The van der Waals surface area contributed by atoms with Gasteiger partial charge in [0, 0.05) is 23.5 Å². The van der Waals surface area contributed by atoms with E-state index in [2.05, 4.69) is 10.9 Å². The number of nitrogens with one attached hydrogen (secondary N) is 2. The van der Waals surface area contributed by atoms with E-state index in [4.69, 9.17) is 4.74 Å². The molecule has 1 heterocycles. The summed E-state index contributed by atoms with van der Waals surface area (Å²) in [5, 5.41) is 0. The van der Waals surface area contributed by atoms with Gasteiger partial charge in [0.1, 0.15) is 5.75 Å². The Morgan fingerprint density at radius 2 is 1.66 bits per heavy atom. The normalized spacial score (nSPS) is 10.4. The molecule has 6 heteroatoms. The molecule has 0 saturated carbocycles. The van der Waals surface area contributed by atoms with Gasteiger partial charge < -0.3 is 9.30 Å². The van der Waals surface area contributed by atoms with Crippen molar-refractivity contribution in [2.45, 2.75) is 27.3 Å². The van der Waals surface area contributed by atoms with Gasteiger partial charge in [0.05, 0.1) is 5.56 Å². The Hall–Kier alpha value is -3.54. The van der Waals surface area contributed by atoms with E-state index in [1.807, 2.05) is 86.0 Å². The third-order valence-electron chi connectivity index (χ3n) is 4.78. The van der Waals surface area contributed by atoms with Crippen molar-refractivity contribution in [3.05, 3.63) is 77.6 Å². The summed E-state index contributed by atoms with van der Waals surface area (Å²) in [5.74, 6) is -0.187. The first kappa shape index (κ1) is 20.2. The van der Waals surface area contributed by atoms with Crippen LogP contribution in [-0.2, 0) is 11.3 Å². The third kappa shape index (κ3) is 4.66. The van der Waals surface area contributed by atoms with E-state index >= 15 is 0 Å². The van der Waals surface area contributed by atoms with Crippen LogP contribution in [0.25, 0.3) is 11.1 Å². The first-order valence-corrected chi connectivity index (χ1v) is 9.54. The van der Waals surface area contributed by atoms with E-state index in [0.717, 1.165) is 29.1 Å². The molecule has 2 N–H and O–H groups in total. The van der Waals surface area contributed by atoms with E-state index in [9.17, 15) is 9.59 Å². The molecule has 3 rings (SSSR count). The molecule has 1 aromatic heterocycles. The molecule has 2 aromatic carbocycles. The van der Waals surface area contributed by atoms with Crippen LogP contribution in [0, 0.1) is 13.8 Å². The van der Waals surface area contributed by atoms with Gasteiger partial charge in [-0.1, -0.05) is 48.5 Å². The molecule has 3 aromatic rings. The molecule has 0 fully saturated rings. The second-order valence-corrected chi connectivity index (χ2v) is 6.68. The Morgan fingerprint density at radius 3 is 2.34 bits per heavy atom. The van der Waals surface area contributed by atoms with Crippen molar-refractivity contribution in [3.63, 3.8) is 0 Å². The number of hydrogen-bond acceptors (Lipinski definition) is 3. The van der Waals surface area contributed by atoms with Crippen LogP contribution in [0.4, 0.5) is 0 Å². The highest BCUT2D eigenvalue weighted by molar-refractivity contribution is 5.96. The molecule has 6 nitrogen and oxygen atoms in total. The molecule has 0 atom stereocenters. The molecular weight excluding hydrogens is 366 g/mol. The van der Waals surface area contributed by atoms with Crippen molar-refractivity contribution in [3.8, 4) is 16.9 Å². The van der Waals surface area contributed by atoms with Crippen LogP contribution in [-0.4, -0.2) is 23.0 Å². The molecule has 0 spiro atoms. The average molecular weight is 391 g/mol. The van der Waals surface area contributed by atoms with Gasteiger partial charge in [-0.25, -0.2) is 0 Å². The van der Waals surface area contributed by atoms with Gasteiger partial charge >= 0.3 is 0 Å². The lowest BCUT2D eigenvalue weighted by Crippen LogP contribution is -2.44. The van der Waals surface area contributed by atoms with E-state index in [1.54, 1.807) is 0 Å². The summed E-state index contributed by atoms with van der Waals surface area (Å²) >= 11 is 0. The minimum absolute atomic E-state index is 0.210. The van der Waals surface area contributed by atoms with Gasteiger partial charge in [-0.2, -0.15) is 0 Å². The van der Waals surface area contributed by atoms with E-state index in [-0.39, 0.29) is 12.5 Å². The Morgan fingerprint density at radius 1 is 0.966 bits per heavy atom. The van der Waals surface area contributed by atoms with Crippen LogP contribution in [0.15, 0.2) is 60.7 Å². The molecule has 0 aliphatic carbocycles. The number of rotatable bonds is 6. The predicted molar refractivity (Wildman–Crippen MR) is 113 cm³/mol. The van der Waals surface area contributed by atoms with Crippen LogP contribution in [0.5, 0.6) is 5.75 Å². The summed E-state index contributed by atoms with van der Waals surface area (Å²) < 4.78 is 7.73. The van der Waals surface area contributed by atoms with Crippen LogP contribution < -0.4 is 15.6 Å². The standard InChI is InChI=1S/C23H25N3O3/c1-4-26-16(2)14-20(17(26)3)23(28)25-24-22(27)15-29-21-13-9-8-12-19(21)18-10-6-5-7-11-18/h5-14H,4,15H2,1-3H3,(H,24,27)(H,25,28). The maximum absolute atomic E-state index is 12.4. The number of aryl methyl sites for hydroxylation is 1. The molecule has 0 radical (unpaired) electrons. The number of hydrogen-bond donors (Lipinski definition) is 2. The van der Waals surface area contributed by atoms with Crippen LogP contribution >= 0.6 is 0 Å². The summed E-state index contributed by atoms with van der Waals surface area (Å²) in [5.41, 5.74) is 9.18. The number of ether oxygens (including phenoxy) is 1. The minimum atomic E-state index is -0.439. The zero-order chi connectivity index (χ0) is 20.8. The number of para-hydroxylation sites is 1. The zero-order valence-electron chi connectivity index (χ0n) is 16.9. The summed E-state index contributed by atoms with van der Waals surface area (Å²) in [7, 11) is 0. The summed E-state index contributed by atoms with van der Waals surface area (Å²) in [6.07, 6.45) is 0. The molecule has 0 saturated heterocycles. The molecule has 0 aliphatic heterocycles. The van der Waals surface area contributed by atoms with E-state index in [0.29, 0.717) is 11.3 Å². The van der Waals surface area contributed by atoms with Gasteiger partial charge in [0.25, 0.3) is 11.8 Å². The monoisotopic (exact) mass is 391 g/mol. The summed E-state index contributed by atoms with van der Waals surface area (Å²) in [6.45, 7) is 6.43. The lowest BCUT2D eigenvalue weighted by molar-refractivity contribution is -0.123. The van der Waals surface area contributed by atoms with Crippen molar-refractivity contribution >= 4 is 11.8 Å². The Bertz CT molecular complexity index is 1010. The highest BCUT2D eigenvalue weighted by atomic mass is 16.5. The average Bonchev–Trinajstić information content (AvgIpc) is 3.04. The first-order chi connectivity index (χ1) is 14.0. The van der Waals surface area contributed by atoms with Crippen molar-refractivity contribution < 1.29 is 14.3 Å². The summed E-state index contributed by atoms with van der Waals surface area (Å²) in [4.78, 5) is 24.5. The van der Waals surface area contributed by atoms with Crippen LogP contribution in [0.1, 0.15) is 28.7 Å². The lowest BCUT2D eigenvalue weighted by Gasteiger charge is -2.12. The van der Waals surface area contributed by atoms with Gasteiger partial charge in [0.2, 0.25) is 0 Å². The minimum Gasteiger partial charge on any atom is -0.483 e. The molecule has 0 unspecified atom stereocenters. The van der Waals surface area contributed by atoms with Crippen LogP contribution in [0.3, 0.4) is 0 Å². The maximum Gasteiger partial charge on any atom is 0.276 e. The predicted octanol–water partition coefficient (Wildman–Crippen LogP) is 3.63. The van der Waals surface area contributed by atoms with Gasteiger partial charge in [0.15, 0.2) is 6.61 Å². The molecule has 0 aliphatic rings. The number of nitrogens with zero attached hydrogens (tertiary/aromatic N) is 1. The number of aromatic nitrogens is 1. The maximum atomic E-state index is 12.4. The highest BCUT2D eigenvalue weighted by Gasteiger charge is 2.16. The Balaban J connectivity index is 1.58. The number of amides is 2. The number of hydrazine groups is 1. The Labute approximate surface area is 170 Å². The molecule has 29 heavy (non-hydrogen) atoms. The van der Waals surface area contributed by atoms with Crippen molar-refractivity contribution in [1.82, 2.24) is 15.4 Å². The molecule has 0 bridgehead atoms. The number of carbonyl (C=O) groups is 2.